The Morgan fingerprint density at radius 1 is 0.879 bits per heavy atom. The summed E-state index contributed by atoms with van der Waals surface area (Å²) in [5, 5.41) is 8.89. The maximum Gasteiger partial charge on any atom is 0.145 e. The Kier molecular flexibility index (Phi) is 6.43. The van der Waals surface area contributed by atoms with E-state index >= 15 is 0 Å². The zero-order valence-electron chi connectivity index (χ0n) is 19.2. The summed E-state index contributed by atoms with van der Waals surface area (Å²) in [5.74, 6) is 2.24. The highest BCUT2D eigenvalue weighted by atomic mass is 16.5. The van der Waals surface area contributed by atoms with E-state index in [9.17, 15) is 0 Å². The Bertz CT molecular complexity index is 1140. The van der Waals surface area contributed by atoms with Gasteiger partial charge in [-0.3, -0.25) is 0 Å². The number of ether oxygens (including phenoxy) is 1. The number of anilines is 1. The van der Waals surface area contributed by atoms with Crippen LogP contribution in [0.15, 0.2) is 84.9 Å². The number of rotatable bonds is 7. The van der Waals surface area contributed by atoms with Crippen molar-refractivity contribution in [2.75, 3.05) is 18.5 Å². The smallest absolute Gasteiger partial charge is 0.145 e. The number of aromatic nitrogens is 2. The van der Waals surface area contributed by atoms with Gasteiger partial charge in [0.2, 0.25) is 0 Å². The van der Waals surface area contributed by atoms with Crippen molar-refractivity contribution >= 4 is 5.82 Å². The van der Waals surface area contributed by atoms with Crippen molar-refractivity contribution < 1.29 is 4.74 Å². The molecule has 1 aromatic heterocycles. The number of hydrogen-bond donors (Lipinski definition) is 1. The van der Waals surface area contributed by atoms with Crippen LogP contribution in [0.1, 0.15) is 48.1 Å². The summed E-state index contributed by atoms with van der Waals surface area (Å²) in [7, 11) is 0. The molecular formula is C29H31N3O. The summed E-state index contributed by atoms with van der Waals surface area (Å²) in [5.41, 5.74) is 6.15. The van der Waals surface area contributed by atoms with E-state index in [1.165, 1.54) is 35.2 Å². The van der Waals surface area contributed by atoms with Crippen molar-refractivity contribution in [3.05, 3.63) is 107 Å². The maximum absolute atomic E-state index is 5.95. The van der Waals surface area contributed by atoms with E-state index in [4.69, 9.17) is 9.84 Å². The fraction of sp³-hybridized carbons (Fsp3) is 0.276. The Morgan fingerprint density at radius 3 is 2.24 bits per heavy atom. The molecule has 0 saturated heterocycles. The predicted molar refractivity (Wildman–Crippen MR) is 135 cm³/mol. The van der Waals surface area contributed by atoms with Gasteiger partial charge in [-0.15, -0.1) is 0 Å². The molecule has 168 valence electrons. The van der Waals surface area contributed by atoms with E-state index in [1.54, 1.807) is 0 Å². The van der Waals surface area contributed by atoms with Crippen LogP contribution in [0.4, 0.5) is 5.82 Å². The van der Waals surface area contributed by atoms with Crippen LogP contribution in [0, 0.1) is 0 Å². The first-order chi connectivity index (χ1) is 16.3. The van der Waals surface area contributed by atoms with Gasteiger partial charge in [0.15, 0.2) is 0 Å². The molecule has 0 radical (unpaired) electrons. The van der Waals surface area contributed by atoms with Crippen LogP contribution in [0.5, 0.6) is 5.75 Å². The second kappa shape index (κ2) is 9.95. The van der Waals surface area contributed by atoms with Crippen LogP contribution in [0.3, 0.4) is 0 Å². The highest BCUT2D eigenvalue weighted by Gasteiger charge is 2.25. The number of fused-ring (bicyclic) bond motifs is 1. The van der Waals surface area contributed by atoms with Gasteiger partial charge in [-0.1, -0.05) is 72.8 Å². The van der Waals surface area contributed by atoms with Crippen molar-refractivity contribution in [2.45, 2.75) is 38.5 Å². The van der Waals surface area contributed by atoms with Crippen molar-refractivity contribution in [2.24, 2.45) is 0 Å². The first kappa shape index (κ1) is 21.3. The van der Waals surface area contributed by atoms with E-state index < -0.39 is 0 Å². The number of nitrogens with one attached hydrogen (secondary N) is 1. The Morgan fingerprint density at radius 2 is 1.55 bits per heavy atom. The quantitative estimate of drug-likeness (QED) is 0.364. The molecule has 4 heteroatoms. The summed E-state index contributed by atoms with van der Waals surface area (Å²) in [6, 6.07) is 29.8. The third-order valence-corrected chi connectivity index (χ3v) is 6.41. The molecule has 0 bridgehead atoms. The number of hydrogen-bond acceptors (Lipinski definition) is 3. The van der Waals surface area contributed by atoms with E-state index in [-0.39, 0.29) is 5.92 Å². The average Bonchev–Trinajstić information content (AvgIpc) is 3.03. The molecule has 2 heterocycles. The minimum absolute atomic E-state index is 0.255. The molecule has 1 aliphatic rings. The van der Waals surface area contributed by atoms with Crippen molar-refractivity contribution in [1.29, 1.82) is 0 Å². The Hall–Kier alpha value is -3.53. The molecule has 0 aliphatic carbocycles. The molecule has 1 aliphatic heterocycles. The first-order valence-corrected chi connectivity index (χ1v) is 12.0. The molecule has 0 spiro atoms. The fourth-order valence-corrected chi connectivity index (χ4v) is 4.81. The van der Waals surface area contributed by atoms with Crippen LogP contribution in [0.2, 0.25) is 0 Å². The predicted octanol–water partition coefficient (Wildman–Crippen LogP) is 6.39. The molecule has 0 unspecified atom stereocenters. The molecule has 4 nitrogen and oxygen atoms in total. The average molecular weight is 438 g/mol. The minimum Gasteiger partial charge on any atom is -0.492 e. The largest absolute Gasteiger partial charge is 0.492 e. The number of benzene rings is 3. The fourth-order valence-electron chi connectivity index (χ4n) is 4.81. The zero-order valence-corrected chi connectivity index (χ0v) is 19.2. The molecule has 4 aromatic rings. The number of nitrogens with zero attached hydrogens (tertiary/aromatic N) is 2. The highest BCUT2D eigenvalue weighted by molar-refractivity contribution is 5.58. The lowest BCUT2D eigenvalue weighted by atomic mass is 9.86. The third-order valence-electron chi connectivity index (χ3n) is 6.41. The van der Waals surface area contributed by atoms with Crippen LogP contribution in [-0.2, 0) is 12.8 Å². The van der Waals surface area contributed by atoms with Gasteiger partial charge in [-0.2, -0.15) is 5.10 Å². The molecule has 0 saturated carbocycles. The molecule has 33 heavy (non-hydrogen) atoms. The van der Waals surface area contributed by atoms with Crippen LogP contribution >= 0.6 is 0 Å². The van der Waals surface area contributed by atoms with Crippen LogP contribution in [-0.4, -0.2) is 22.9 Å². The van der Waals surface area contributed by atoms with Gasteiger partial charge in [-0.25, -0.2) is 4.68 Å². The minimum atomic E-state index is 0.255. The first-order valence-electron chi connectivity index (χ1n) is 12.0. The molecule has 0 amide bonds. The highest BCUT2D eigenvalue weighted by Crippen LogP contribution is 2.35. The van der Waals surface area contributed by atoms with E-state index in [2.05, 4.69) is 82.8 Å². The van der Waals surface area contributed by atoms with Gasteiger partial charge in [0.1, 0.15) is 17.3 Å². The van der Waals surface area contributed by atoms with Crippen molar-refractivity contribution in [1.82, 2.24) is 9.78 Å². The normalized spacial score (nSPS) is 13.3. The molecule has 5 rings (SSSR count). The van der Waals surface area contributed by atoms with Crippen LogP contribution in [0.25, 0.3) is 5.69 Å². The lowest BCUT2D eigenvalue weighted by molar-refractivity contribution is 0.338. The molecular weight excluding hydrogens is 406 g/mol. The summed E-state index contributed by atoms with van der Waals surface area (Å²) in [6.07, 6.45) is 4.25. The summed E-state index contributed by atoms with van der Waals surface area (Å²) >= 11 is 0. The molecule has 3 aromatic carbocycles. The van der Waals surface area contributed by atoms with Gasteiger partial charge in [0.25, 0.3) is 0 Å². The van der Waals surface area contributed by atoms with Crippen molar-refractivity contribution in [3.8, 4) is 11.4 Å². The van der Waals surface area contributed by atoms with Gasteiger partial charge >= 0.3 is 0 Å². The van der Waals surface area contributed by atoms with Gasteiger partial charge in [0.05, 0.1) is 12.3 Å². The molecule has 0 fully saturated rings. The monoisotopic (exact) mass is 437 g/mol. The number of para-hydroxylation sites is 2. The summed E-state index contributed by atoms with van der Waals surface area (Å²) in [4.78, 5) is 0. The van der Waals surface area contributed by atoms with E-state index in [0.29, 0.717) is 6.61 Å². The van der Waals surface area contributed by atoms with Gasteiger partial charge in [0, 0.05) is 24.4 Å². The lowest BCUT2D eigenvalue weighted by Gasteiger charge is -2.18. The lowest BCUT2D eigenvalue weighted by Crippen LogP contribution is -2.09. The third kappa shape index (κ3) is 4.51. The SMILES string of the molecule is CCOc1ccccc1-n1nc(CC(c2ccccc2)c2ccccc2)c2c1NCCCC2. The summed E-state index contributed by atoms with van der Waals surface area (Å²) < 4.78 is 8.03. The van der Waals surface area contributed by atoms with Crippen molar-refractivity contribution in [3.63, 3.8) is 0 Å². The van der Waals surface area contributed by atoms with E-state index in [0.717, 1.165) is 36.6 Å². The Balaban J connectivity index is 1.61. The van der Waals surface area contributed by atoms with Gasteiger partial charge < -0.3 is 10.1 Å². The van der Waals surface area contributed by atoms with E-state index in [1.807, 2.05) is 19.1 Å². The van der Waals surface area contributed by atoms with Gasteiger partial charge in [-0.05, 0) is 49.4 Å². The summed E-state index contributed by atoms with van der Waals surface area (Å²) in [6.45, 7) is 3.62. The molecule has 1 N–H and O–H groups in total. The zero-order chi connectivity index (χ0) is 22.5. The second-order valence-corrected chi connectivity index (χ2v) is 8.55. The topological polar surface area (TPSA) is 39.1 Å². The van der Waals surface area contributed by atoms with Crippen LogP contribution < -0.4 is 10.1 Å². The standard InChI is InChI=1S/C29H31N3O/c1-2-33-28-19-10-9-18-27(28)32-29-24(17-11-12-20-30-29)26(31-32)21-25(22-13-5-3-6-14-22)23-15-7-4-8-16-23/h3-10,13-16,18-19,25,30H,2,11-12,17,20-21H2,1H3. The Labute approximate surface area is 196 Å². The second-order valence-electron chi connectivity index (χ2n) is 8.55. The molecule has 0 atom stereocenters. The maximum atomic E-state index is 5.95.